The van der Waals surface area contributed by atoms with E-state index in [0.717, 1.165) is 31.1 Å². The van der Waals surface area contributed by atoms with Gasteiger partial charge >= 0.3 is 0 Å². The molecule has 3 atom stereocenters. The largest absolute Gasteiger partial charge is 0.316 e. The average molecular weight is 249 g/mol. The van der Waals surface area contributed by atoms with Gasteiger partial charge in [0.2, 0.25) is 0 Å². The Morgan fingerprint density at radius 1 is 1.44 bits per heavy atom. The molecule has 1 aliphatic carbocycles. The second kappa shape index (κ2) is 5.87. The summed E-state index contributed by atoms with van der Waals surface area (Å²) in [7, 11) is 2.08. The highest BCUT2D eigenvalue weighted by atomic mass is 15.3. The summed E-state index contributed by atoms with van der Waals surface area (Å²) >= 11 is 0. The zero-order valence-electron chi connectivity index (χ0n) is 12.2. The maximum atomic E-state index is 4.75. The molecule has 1 N–H and O–H groups in total. The number of rotatable bonds is 7. The summed E-state index contributed by atoms with van der Waals surface area (Å²) in [5.74, 6) is 1.75. The summed E-state index contributed by atoms with van der Waals surface area (Å²) in [5.41, 5.74) is 1.24. The number of nitrogens with zero attached hydrogens (tertiary/aromatic N) is 2. The third-order valence-corrected chi connectivity index (χ3v) is 4.47. The molecule has 0 saturated heterocycles. The highest BCUT2D eigenvalue weighted by molar-refractivity contribution is 5.05. The molecule has 3 unspecified atom stereocenters. The van der Waals surface area contributed by atoms with E-state index in [4.69, 9.17) is 5.10 Å². The molecule has 1 heterocycles. The number of hydrogen-bond donors (Lipinski definition) is 1. The van der Waals surface area contributed by atoms with Crippen molar-refractivity contribution in [1.82, 2.24) is 15.1 Å². The van der Waals surface area contributed by atoms with Crippen LogP contribution in [-0.4, -0.2) is 22.9 Å². The predicted molar refractivity (Wildman–Crippen MR) is 75.7 cm³/mol. The Morgan fingerprint density at radius 3 is 2.61 bits per heavy atom. The molecule has 0 aliphatic heterocycles. The van der Waals surface area contributed by atoms with Crippen LogP contribution in [-0.2, 0) is 6.42 Å². The Kier molecular flexibility index (Phi) is 4.44. The third-order valence-electron chi connectivity index (χ3n) is 4.47. The van der Waals surface area contributed by atoms with E-state index in [0.29, 0.717) is 12.1 Å². The monoisotopic (exact) mass is 249 g/mol. The van der Waals surface area contributed by atoms with Gasteiger partial charge in [0, 0.05) is 18.7 Å². The van der Waals surface area contributed by atoms with Crippen molar-refractivity contribution in [3.63, 3.8) is 0 Å². The van der Waals surface area contributed by atoms with E-state index in [1.165, 1.54) is 12.1 Å². The first-order chi connectivity index (χ1) is 8.69. The molecular formula is C15H27N3. The quantitative estimate of drug-likeness (QED) is 0.805. The van der Waals surface area contributed by atoms with Gasteiger partial charge in [0.15, 0.2) is 0 Å². The molecule has 1 aliphatic rings. The SMILES string of the molecule is CCC(CC)n1ccc(CC(NC)C2CC2C)n1. The smallest absolute Gasteiger partial charge is 0.0640 e. The molecule has 3 heteroatoms. The highest BCUT2D eigenvalue weighted by Crippen LogP contribution is 2.41. The topological polar surface area (TPSA) is 29.9 Å². The van der Waals surface area contributed by atoms with Crippen molar-refractivity contribution in [2.24, 2.45) is 11.8 Å². The number of likely N-dealkylation sites (N-methyl/N-ethyl adjacent to an activating group) is 1. The van der Waals surface area contributed by atoms with Gasteiger partial charge in [-0.3, -0.25) is 4.68 Å². The van der Waals surface area contributed by atoms with Crippen molar-refractivity contribution in [2.45, 2.75) is 58.5 Å². The van der Waals surface area contributed by atoms with E-state index < -0.39 is 0 Å². The molecule has 1 aromatic heterocycles. The van der Waals surface area contributed by atoms with Gasteiger partial charge in [-0.1, -0.05) is 20.8 Å². The molecule has 0 bridgehead atoms. The van der Waals surface area contributed by atoms with Crippen LogP contribution < -0.4 is 5.32 Å². The molecule has 0 radical (unpaired) electrons. The highest BCUT2D eigenvalue weighted by Gasteiger charge is 2.38. The molecule has 0 aromatic carbocycles. The van der Waals surface area contributed by atoms with Crippen LogP contribution in [0.15, 0.2) is 12.3 Å². The molecule has 3 nitrogen and oxygen atoms in total. The van der Waals surface area contributed by atoms with Crippen LogP contribution in [0.25, 0.3) is 0 Å². The predicted octanol–water partition coefficient (Wildman–Crippen LogP) is 3.03. The summed E-state index contributed by atoms with van der Waals surface area (Å²) < 4.78 is 2.15. The zero-order valence-corrected chi connectivity index (χ0v) is 12.2. The van der Waals surface area contributed by atoms with Gasteiger partial charge in [0.25, 0.3) is 0 Å². The van der Waals surface area contributed by atoms with Crippen LogP contribution in [0.3, 0.4) is 0 Å². The summed E-state index contributed by atoms with van der Waals surface area (Å²) in [4.78, 5) is 0. The summed E-state index contributed by atoms with van der Waals surface area (Å²) in [6.45, 7) is 6.81. The molecule has 102 valence electrons. The molecular weight excluding hydrogens is 222 g/mol. The maximum absolute atomic E-state index is 4.75. The molecule has 1 saturated carbocycles. The van der Waals surface area contributed by atoms with E-state index in [-0.39, 0.29) is 0 Å². The fourth-order valence-electron chi connectivity index (χ4n) is 2.96. The van der Waals surface area contributed by atoms with Crippen molar-refractivity contribution in [1.29, 1.82) is 0 Å². The Hall–Kier alpha value is -0.830. The maximum Gasteiger partial charge on any atom is 0.0640 e. The van der Waals surface area contributed by atoms with E-state index in [9.17, 15) is 0 Å². The lowest BCUT2D eigenvalue weighted by molar-refractivity contribution is 0.418. The van der Waals surface area contributed by atoms with Crippen molar-refractivity contribution in [3.05, 3.63) is 18.0 Å². The fourth-order valence-corrected chi connectivity index (χ4v) is 2.96. The number of hydrogen-bond acceptors (Lipinski definition) is 2. The Morgan fingerprint density at radius 2 is 2.11 bits per heavy atom. The Labute approximate surface area is 111 Å². The molecule has 18 heavy (non-hydrogen) atoms. The minimum Gasteiger partial charge on any atom is -0.316 e. The molecule has 1 fully saturated rings. The minimum atomic E-state index is 0.562. The molecule has 0 spiro atoms. The van der Waals surface area contributed by atoms with Gasteiger partial charge in [-0.2, -0.15) is 5.10 Å². The third kappa shape index (κ3) is 2.94. The lowest BCUT2D eigenvalue weighted by atomic mass is 10.1. The van der Waals surface area contributed by atoms with Crippen LogP contribution in [0.5, 0.6) is 0 Å². The van der Waals surface area contributed by atoms with E-state index in [1.54, 1.807) is 0 Å². The molecule has 0 amide bonds. The van der Waals surface area contributed by atoms with Crippen LogP contribution in [0.1, 0.15) is 51.8 Å². The van der Waals surface area contributed by atoms with Crippen LogP contribution in [0, 0.1) is 11.8 Å². The first-order valence-electron chi connectivity index (χ1n) is 7.40. The van der Waals surface area contributed by atoms with Crippen LogP contribution in [0.4, 0.5) is 0 Å². The van der Waals surface area contributed by atoms with E-state index in [1.807, 2.05) is 0 Å². The summed E-state index contributed by atoms with van der Waals surface area (Å²) in [6, 6.07) is 3.35. The normalized spacial score (nSPS) is 24.5. The van der Waals surface area contributed by atoms with E-state index in [2.05, 4.69) is 50.1 Å². The summed E-state index contributed by atoms with van der Waals surface area (Å²) in [6.07, 6.45) is 6.91. The first-order valence-corrected chi connectivity index (χ1v) is 7.40. The molecule has 2 rings (SSSR count). The number of aromatic nitrogens is 2. The number of nitrogens with one attached hydrogen (secondary N) is 1. The standard InChI is InChI=1S/C15H27N3/c1-5-13(6-2)18-8-7-12(17-18)10-15(16-4)14-9-11(14)3/h7-8,11,13-16H,5-6,9-10H2,1-4H3. The average Bonchev–Trinajstić information content (AvgIpc) is 2.91. The van der Waals surface area contributed by atoms with Crippen molar-refractivity contribution < 1.29 is 0 Å². The minimum absolute atomic E-state index is 0.562. The van der Waals surface area contributed by atoms with Crippen LogP contribution >= 0.6 is 0 Å². The second-order valence-corrected chi connectivity index (χ2v) is 5.73. The van der Waals surface area contributed by atoms with Gasteiger partial charge in [-0.15, -0.1) is 0 Å². The van der Waals surface area contributed by atoms with Crippen molar-refractivity contribution >= 4 is 0 Å². The summed E-state index contributed by atoms with van der Waals surface area (Å²) in [5, 5.41) is 8.21. The lowest BCUT2D eigenvalue weighted by Gasteiger charge is -2.15. The van der Waals surface area contributed by atoms with Gasteiger partial charge in [-0.05, 0) is 44.2 Å². The van der Waals surface area contributed by atoms with E-state index >= 15 is 0 Å². The lowest BCUT2D eigenvalue weighted by Crippen LogP contribution is -2.30. The van der Waals surface area contributed by atoms with Gasteiger partial charge in [-0.25, -0.2) is 0 Å². The van der Waals surface area contributed by atoms with Gasteiger partial charge in [0.05, 0.1) is 11.7 Å². The second-order valence-electron chi connectivity index (χ2n) is 5.73. The Bertz CT molecular complexity index is 368. The first kappa shape index (κ1) is 13.6. The Balaban J connectivity index is 1.97. The molecule has 1 aromatic rings. The van der Waals surface area contributed by atoms with Crippen molar-refractivity contribution in [2.75, 3.05) is 7.05 Å². The zero-order chi connectivity index (χ0) is 13.1. The van der Waals surface area contributed by atoms with Crippen molar-refractivity contribution in [3.8, 4) is 0 Å². The fraction of sp³-hybridized carbons (Fsp3) is 0.800. The van der Waals surface area contributed by atoms with Crippen LogP contribution in [0.2, 0.25) is 0 Å². The van der Waals surface area contributed by atoms with Gasteiger partial charge < -0.3 is 5.32 Å². The van der Waals surface area contributed by atoms with Gasteiger partial charge in [0.1, 0.15) is 0 Å².